The molecule has 1 aliphatic heterocycles. The van der Waals surface area contributed by atoms with Crippen molar-refractivity contribution in [2.75, 3.05) is 0 Å². The first kappa shape index (κ1) is 19.0. The van der Waals surface area contributed by atoms with Gasteiger partial charge in [0.2, 0.25) is 11.8 Å². The van der Waals surface area contributed by atoms with Crippen LogP contribution in [-0.4, -0.2) is 27.0 Å². The third kappa shape index (κ3) is 3.02. The molecule has 2 aliphatic rings. The number of amides is 3. The largest absolute Gasteiger partial charge is 0.419 e. The average Bonchev–Trinajstić information content (AvgIpc) is 3.44. The zero-order valence-electron chi connectivity index (χ0n) is 16.3. The van der Waals surface area contributed by atoms with Crippen LogP contribution in [0.2, 0.25) is 0 Å². The zero-order valence-corrected chi connectivity index (χ0v) is 17.9. The van der Waals surface area contributed by atoms with Gasteiger partial charge < -0.3 is 9.73 Å². The molecule has 1 N–H and O–H groups in total. The van der Waals surface area contributed by atoms with Crippen molar-refractivity contribution in [1.82, 2.24) is 20.4 Å². The maximum Gasteiger partial charge on any atom is 0.325 e. The highest BCUT2D eigenvalue weighted by Gasteiger charge is 2.49. The number of benzene rings is 2. The van der Waals surface area contributed by atoms with Crippen LogP contribution in [0.3, 0.4) is 0 Å². The van der Waals surface area contributed by atoms with Crippen LogP contribution >= 0.6 is 15.9 Å². The minimum atomic E-state index is -1.11. The van der Waals surface area contributed by atoms with Gasteiger partial charge in [-0.1, -0.05) is 30.3 Å². The number of hydrogen-bond acceptors (Lipinski definition) is 5. The number of halogens is 1. The van der Waals surface area contributed by atoms with Gasteiger partial charge in [0, 0.05) is 4.47 Å². The number of carbonyl (C=O) groups excluding carboxylic acids is 2. The van der Waals surface area contributed by atoms with Crippen LogP contribution in [0.15, 0.2) is 51.4 Å². The second-order valence-corrected chi connectivity index (χ2v) is 8.62. The summed E-state index contributed by atoms with van der Waals surface area (Å²) in [6.45, 7) is 1.66. The number of nitrogens with one attached hydrogen (secondary N) is 1. The van der Waals surface area contributed by atoms with Gasteiger partial charge in [-0.3, -0.25) is 9.69 Å². The van der Waals surface area contributed by atoms with E-state index in [1.165, 1.54) is 11.1 Å². The third-order valence-electron chi connectivity index (χ3n) is 5.82. The van der Waals surface area contributed by atoms with Crippen molar-refractivity contribution in [3.8, 4) is 11.5 Å². The molecule has 1 saturated heterocycles. The number of urea groups is 1. The molecule has 30 heavy (non-hydrogen) atoms. The predicted molar refractivity (Wildman–Crippen MR) is 112 cm³/mol. The third-order valence-corrected chi connectivity index (χ3v) is 6.51. The second-order valence-electron chi connectivity index (χ2n) is 7.76. The van der Waals surface area contributed by atoms with Crippen LogP contribution in [0.1, 0.15) is 35.9 Å². The Morgan fingerprint density at radius 3 is 2.77 bits per heavy atom. The van der Waals surface area contributed by atoms with E-state index in [0.29, 0.717) is 5.89 Å². The van der Waals surface area contributed by atoms with E-state index in [9.17, 15) is 9.59 Å². The van der Waals surface area contributed by atoms with E-state index >= 15 is 0 Å². The molecule has 1 aliphatic carbocycles. The van der Waals surface area contributed by atoms with Crippen LogP contribution < -0.4 is 5.32 Å². The van der Waals surface area contributed by atoms with Gasteiger partial charge in [-0.25, -0.2) is 4.79 Å². The molecule has 0 bridgehead atoms. The molecule has 0 saturated carbocycles. The van der Waals surface area contributed by atoms with Gasteiger partial charge in [-0.05, 0) is 70.9 Å². The fraction of sp³-hybridized carbons (Fsp3) is 0.273. The Bertz CT molecular complexity index is 1170. The summed E-state index contributed by atoms with van der Waals surface area (Å²) >= 11 is 3.46. The Kier molecular flexibility index (Phi) is 4.47. The molecule has 3 aromatic rings. The van der Waals surface area contributed by atoms with Gasteiger partial charge >= 0.3 is 6.03 Å². The van der Waals surface area contributed by atoms with E-state index in [-0.39, 0.29) is 18.3 Å². The van der Waals surface area contributed by atoms with Gasteiger partial charge in [0.05, 0.1) is 5.56 Å². The first-order valence-electron chi connectivity index (χ1n) is 9.79. The Morgan fingerprint density at radius 1 is 1.13 bits per heavy atom. The van der Waals surface area contributed by atoms with Crippen molar-refractivity contribution in [3.63, 3.8) is 0 Å². The zero-order chi connectivity index (χ0) is 20.9. The number of rotatable bonds is 4. The van der Waals surface area contributed by atoms with E-state index in [1.807, 2.05) is 36.4 Å². The lowest BCUT2D eigenvalue weighted by molar-refractivity contribution is -0.131. The molecular weight excluding hydrogens is 448 g/mol. The maximum atomic E-state index is 13.2. The van der Waals surface area contributed by atoms with Crippen LogP contribution in [0.25, 0.3) is 11.5 Å². The fourth-order valence-corrected chi connectivity index (χ4v) is 4.57. The number of hydrogen-bond donors (Lipinski definition) is 1. The average molecular weight is 467 g/mol. The van der Waals surface area contributed by atoms with Crippen molar-refractivity contribution < 1.29 is 14.0 Å². The summed E-state index contributed by atoms with van der Waals surface area (Å²) in [5, 5.41) is 10.9. The van der Waals surface area contributed by atoms with E-state index < -0.39 is 11.6 Å². The van der Waals surface area contributed by atoms with Gasteiger partial charge in [0.1, 0.15) is 12.1 Å². The predicted octanol–water partition coefficient (Wildman–Crippen LogP) is 3.96. The summed E-state index contributed by atoms with van der Waals surface area (Å²) in [6.07, 6.45) is 3.19. The van der Waals surface area contributed by atoms with Crippen molar-refractivity contribution >= 4 is 27.9 Å². The molecule has 1 atom stereocenters. The van der Waals surface area contributed by atoms with Crippen LogP contribution in [-0.2, 0) is 29.7 Å². The summed E-state index contributed by atoms with van der Waals surface area (Å²) in [4.78, 5) is 27.0. The van der Waals surface area contributed by atoms with Gasteiger partial charge in [0.25, 0.3) is 5.91 Å². The summed E-state index contributed by atoms with van der Waals surface area (Å²) in [6, 6.07) is 13.0. The molecule has 0 spiro atoms. The lowest BCUT2D eigenvalue weighted by atomic mass is 9.90. The first-order valence-corrected chi connectivity index (χ1v) is 10.6. The number of imide groups is 1. The molecule has 1 fully saturated rings. The van der Waals surface area contributed by atoms with Crippen LogP contribution in [0.4, 0.5) is 4.79 Å². The monoisotopic (exact) mass is 466 g/mol. The van der Waals surface area contributed by atoms with Crippen molar-refractivity contribution in [3.05, 3.63) is 69.5 Å². The Morgan fingerprint density at radius 2 is 1.93 bits per heavy atom. The van der Waals surface area contributed by atoms with Crippen molar-refractivity contribution in [2.24, 2.45) is 0 Å². The quantitative estimate of drug-likeness (QED) is 0.587. The second kappa shape index (κ2) is 7.05. The highest BCUT2D eigenvalue weighted by atomic mass is 79.9. The van der Waals surface area contributed by atoms with Gasteiger partial charge in [0.15, 0.2) is 0 Å². The van der Waals surface area contributed by atoms with Gasteiger partial charge in [-0.2, -0.15) is 0 Å². The molecule has 152 valence electrons. The van der Waals surface area contributed by atoms with Crippen molar-refractivity contribution in [1.29, 1.82) is 0 Å². The lowest BCUT2D eigenvalue weighted by Crippen LogP contribution is -2.41. The molecule has 0 unspecified atom stereocenters. The number of fused-ring (bicyclic) bond motifs is 1. The normalized spacial score (nSPS) is 20.5. The summed E-state index contributed by atoms with van der Waals surface area (Å²) in [7, 11) is 0. The SMILES string of the molecule is C[C@]1(c2ccc3c(c2)CCC3)NC(=O)N(Cc2nnc(-c3ccccc3Br)o2)C1=O. The van der Waals surface area contributed by atoms with Gasteiger partial charge in [-0.15, -0.1) is 10.2 Å². The first-order chi connectivity index (χ1) is 14.5. The molecule has 8 heteroatoms. The van der Waals surface area contributed by atoms with Crippen LogP contribution in [0, 0.1) is 0 Å². The number of carbonyl (C=O) groups is 2. The van der Waals surface area contributed by atoms with E-state index in [0.717, 1.165) is 39.8 Å². The Labute approximate surface area is 181 Å². The van der Waals surface area contributed by atoms with E-state index in [4.69, 9.17) is 4.42 Å². The smallest absolute Gasteiger partial charge is 0.325 e. The number of nitrogens with zero attached hydrogens (tertiary/aromatic N) is 3. The van der Waals surface area contributed by atoms with E-state index in [2.05, 4.69) is 37.5 Å². The summed E-state index contributed by atoms with van der Waals surface area (Å²) in [5.74, 6) is 0.194. The van der Waals surface area contributed by atoms with E-state index in [1.54, 1.807) is 6.92 Å². The fourth-order valence-electron chi connectivity index (χ4n) is 4.12. The minimum absolute atomic E-state index is 0.0807. The summed E-state index contributed by atoms with van der Waals surface area (Å²) in [5.41, 5.74) is 3.01. The molecule has 7 nitrogen and oxygen atoms in total. The lowest BCUT2D eigenvalue weighted by Gasteiger charge is -2.23. The summed E-state index contributed by atoms with van der Waals surface area (Å²) < 4.78 is 6.54. The maximum absolute atomic E-state index is 13.2. The molecular formula is C22H19BrN4O3. The Hall–Kier alpha value is -3.00. The molecule has 2 heterocycles. The molecule has 0 radical (unpaired) electrons. The number of aryl methyl sites for hydroxylation is 2. The molecule has 3 amide bonds. The minimum Gasteiger partial charge on any atom is -0.419 e. The standard InChI is InChI=1S/C22H19BrN4O3/c1-22(15-10-9-13-5-4-6-14(13)11-15)20(28)27(21(29)24-22)12-18-25-26-19(30-18)16-7-2-3-8-17(16)23/h2-3,7-11H,4-6,12H2,1H3,(H,24,29)/t22-/m1/s1. The van der Waals surface area contributed by atoms with Crippen LogP contribution in [0.5, 0.6) is 0 Å². The molecule has 1 aromatic heterocycles. The van der Waals surface area contributed by atoms with Crippen molar-refractivity contribution in [2.45, 2.75) is 38.3 Å². The Balaban J connectivity index is 1.40. The number of aromatic nitrogens is 2. The highest BCUT2D eigenvalue weighted by Crippen LogP contribution is 2.33. The molecule has 2 aromatic carbocycles. The topological polar surface area (TPSA) is 88.3 Å². The highest BCUT2D eigenvalue weighted by molar-refractivity contribution is 9.10. The molecule has 5 rings (SSSR count).